The molecule has 0 radical (unpaired) electrons. The minimum Gasteiger partial charge on any atom is -0.0844 e. The number of halogens is 4. The van der Waals surface area contributed by atoms with Crippen LogP contribution >= 0.6 is 63.7 Å². The molecule has 8 atom stereocenters. The summed E-state index contributed by atoms with van der Waals surface area (Å²) in [7, 11) is 0. The first-order valence-corrected chi connectivity index (χ1v) is 9.08. The van der Waals surface area contributed by atoms with Gasteiger partial charge in [0.2, 0.25) is 0 Å². The van der Waals surface area contributed by atoms with Crippen molar-refractivity contribution >= 4 is 63.7 Å². The Labute approximate surface area is 129 Å². The lowest BCUT2D eigenvalue weighted by atomic mass is 9.82. The van der Waals surface area contributed by atoms with Crippen LogP contribution in [-0.4, -0.2) is 6.47 Å². The lowest BCUT2D eigenvalue weighted by Crippen LogP contribution is -2.27. The van der Waals surface area contributed by atoms with E-state index < -0.39 is 0 Å². The predicted octanol–water partition coefficient (Wildman–Crippen LogP) is 4.51. The molecule has 5 aliphatic carbocycles. The summed E-state index contributed by atoms with van der Waals surface area (Å²) in [4.78, 5) is 0. The zero-order valence-corrected chi connectivity index (χ0v) is 14.6. The van der Waals surface area contributed by atoms with E-state index in [0.29, 0.717) is 0 Å². The van der Waals surface area contributed by atoms with Crippen molar-refractivity contribution < 1.29 is 0 Å². The maximum atomic E-state index is 3.90. The van der Waals surface area contributed by atoms with Crippen LogP contribution in [0.25, 0.3) is 0 Å². The average Bonchev–Trinajstić information content (AvgIpc) is 2.80. The normalized spacial score (nSPS) is 68.8. The minimum atomic E-state index is 0.263. The van der Waals surface area contributed by atoms with E-state index in [1.165, 1.54) is 0 Å². The summed E-state index contributed by atoms with van der Waals surface area (Å²) in [5, 5.41) is 0. The molecule has 4 fully saturated rings. The van der Waals surface area contributed by atoms with Gasteiger partial charge in [0.15, 0.2) is 0 Å². The molecule has 0 heterocycles. The van der Waals surface area contributed by atoms with Crippen LogP contribution in [0, 0.1) is 47.3 Å². The molecular weight excluding hydrogens is 464 g/mol. The highest BCUT2D eigenvalue weighted by atomic mass is 79.9. The first-order chi connectivity index (χ1) is 7.47. The van der Waals surface area contributed by atoms with Gasteiger partial charge in [-0.25, -0.2) is 0 Å². The molecule has 86 valence electrons. The molecular formula is C12H10Br4. The third-order valence-corrected chi connectivity index (χ3v) is 10.1. The van der Waals surface area contributed by atoms with E-state index in [2.05, 4.69) is 75.9 Å². The van der Waals surface area contributed by atoms with Crippen molar-refractivity contribution in [2.75, 3.05) is 0 Å². The summed E-state index contributed by atoms with van der Waals surface area (Å²) >= 11 is 15.6. The fourth-order valence-electron chi connectivity index (χ4n) is 5.44. The van der Waals surface area contributed by atoms with E-state index in [0.717, 1.165) is 47.3 Å². The molecule has 0 aromatic rings. The summed E-state index contributed by atoms with van der Waals surface area (Å²) in [5.41, 5.74) is 0. The molecule has 5 aliphatic rings. The zero-order chi connectivity index (χ0) is 11.0. The van der Waals surface area contributed by atoms with Crippen LogP contribution in [0.5, 0.6) is 0 Å². The topological polar surface area (TPSA) is 0 Å². The summed E-state index contributed by atoms with van der Waals surface area (Å²) in [6.07, 6.45) is 5.03. The van der Waals surface area contributed by atoms with E-state index in [9.17, 15) is 0 Å². The molecule has 4 heteroatoms. The van der Waals surface area contributed by atoms with Crippen LogP contribution in [0.3, 0.4) is 0 Å². The number of hydrogen-bond donors (Lipinski definition) is 0. The highest BCUT2D eigenvalue weighted by Gasteiger charge is 2.86. The Morgan fingerprint density at radius 3 is 1.50 bits per heavy atom. The Bertz CT molecular complexity index is 402. The molecule has 0 aromatic carbocycles. The van der Waals surface area contributed by atoms with Gasteiger partial charge in [-0.15, -0.1) is 0 Å². The van der Waals surface area contributed by atoms with Gasteiger partial charge in [-0.05, 0) is 47.3 Å². The molecule has 5 rings (SSSR count). The second kappa shape index (κ2) is 2.60. The van der Waals surface area contributed by atoms with Gasteiger partial charge in [-0.3, -0.25) is 0 Å². The average molecular weight is 474 g/mol. The first kappa shape index (κ1) is 10.4. The van der Waals surface area contributed by atoms with Crippen molar-refractivity contribution in [3.8, 4) is 0 Å². The number of fused-ring (bicyclic) bond motifs is 6. The second-order valence-corrected chi connectivity index (χ2v) is 13.5. The van der Waals surface area contributed by atoms with E-state index in [1.54, 1.807) is 0 Å². The Hall–Kier alpha value is 1.66. The monoisotopic (exact) mass is 470 g/mol. The van der Waals surface area contributed by atoms with Gasteiger partial charge < -0.3 is 0 Å². The molecule has 0 aliphatic heterocycles. The summed E-state index contributed by atoms with van der Waals surface area (Å²) < 4.78 is 0.525. The molecule has 0 nitrogen and oxygen atoms in total. The molecule has 2 unspecified atom stereocenters. The van der Waals surface area contributed by atoms with Gasteiger partial charge in [0.1, 0.15) is 0 Å². The maximum absolute atomic E-state index is 3.90. The van der Waals surface area contributed by atoms with Crippen LogP contribution in [0.4, 0.5) is 0 Å². The molecule has 0 N–H and O–H groups in total. The van der Waals surface area contributed by atoms with Crippen LogP contribution < -0.4 is 0 Å². The number of rotatable bonds is 0. The second-order valence-electron chi connectivity index (χ2n) is 6.15. The Kier molecular flexibility index (Phi) is 1.70. The largest absolute Gasteiger partial charge is 0.0877 e. The molecule has 0 spiro atoms. The molecule has 4 saturated carbocycles. The Morgan fingerprint density at radius 2 is 1.06 bits per heavy atom. The van der Waals surface area contributed by atoms with Gasteiger partial charge in [-0.2, -0.15) is 0 Å². The quantitative estimate of drug-likeness (QED) is 0.359. The van der Waals surface area contributed by atoms with Crippen LogP contribution in [0.2, 0.25) is 0 Å². The lowest BCUT2D eigenvalue weighted by molar-refractivity contribution is 0.275. The molecule has 0 saturated heterocycles. The molecule has 0 amide bonds. The maximum Gasteiger partial charge on any atom is 0.0877 e. The Morgan fingerprint density at radius 1 is 0.625 bits per heavy atom. The van der Waals surface area contributed by atoms with Crippen molar-refractivity contribution in [1.82, 2.24) is 0 Å². The molecule has 16 heavy (non-hydrogen) atoms. The third kappa shape index (κ3) is 0.857. The highest BCUT2D eigenvalue weighted by Crippen LogP contribution is 2.88. The van der Waals surface area contributed by atoms with Gasteiger partial charge in [0.05, 0.1) is 6.47 Å². The van der Waals surface area contributed by atoms with Crippen molar-refractivity contribution in [1.29, 1.82) is 0 Å². The van der Waals surface area contributed by atoms with Crippen molar-refractivity contribution in [3.05, 3.63) is 12.2 Å². The smallest absolute Gasteiger partial charge is 0.0844 e. The van der Waals surface area contributed by atoms with Crippen molar-refractivity contribution in [2.24, 2.45) is 47.3 Å². The van der Waals surface area contributed by atoms with Gasteiger partial charge >= 0.3 is 0 Å². The summed E-state index contributed by atoms with van der Waals surface area (Å²) in [5.74, 6) is 7.00. The fraction of sp³-hybridized carbons (Fsp3) is 0.833. The van der Waals surface area contributed by atoms with Gasteiger partial charge in [0, 0.05) is 0 Å². The van der Waals surface area contributed by atoms with Crippen LogP contribution in [0.1, 0.15) is 0 Å². The Balaban J connectivity index is 1.66. The van der Waals surface area contributed by atoms with Crippen LogP contribution in [0.15, 0.2) is 12.2 Å². The van der Waals surface area contributed by atoms with Crippen molar-refractivity contribution in [2.45, 2.75) is 6.47 Å². The summed E-state index contributed by atoms with van der Waals surface area (Å²) in [6.45, 7) is 0. The van der Waals surface area contributed by atoms with E-state index >= 15 is 0 Å². The number of allylic oxidation sites excluding steroid dienone is 2. The minimum absolute atomic E-state index is 0.263. The predicted molar refractivity (Wildman–Crippen MR) is 78.2 cm³/mol. The van der Waals surface area contributed by atoms with E-state index in [4.69, 9.17) is 0 Å². The van der Waals surface area contributed by atoms with Crippen LogP contribution in [-0.2, 0) is 0 Å². The number of hydrogen-bond acceptors (Lipinski definition) is 0. The highest BCUT2D eigenvalue weighted by molar-refractivity contribution is 9.26. The van der Waals surface area contributed by atoms with Crippen molar-refractivity contribution in [3.63, 3.8) is 0 Å². The summed E-state index contributed by atoms with van der Waals surface area (Å²) in [6, 6.07) is 0. The van der Waals surface area contributed by atoms with E-state index in [-0.39, 0.29) is 6.47 Å². The standard InChI is InChI=1S/C12H10Br4/c13-11(14)7-3-1-2-4-5(3)6(9(7)11)10-8(4)12(10,15)16/h1-10H/t3-,4-,5?,6?,7-,8-,9-,10+/m1/s1. The first-order valence-electron chi connectivity index (χ1n) is 5.91. The van der Waals surface area contributed by atoms with Gasteiger partial charge in [-0.1, -0.05) is 75.9 Å². The van der Waals surface area contributed by atoms with E-state index in [1.807, 2.05) is 0 Å². The fourth-order valence-corrected chi connectivity index (χ4v) is 9.63. The zero-order valence-electron chi connectivity index (χ0n) is 8.29. The molecule has 0 aromatic heterocycles. The third-order valence-electron chi connectivity index (χ3n) is 5.88. The SMILES string of the molecule is BrC1(Br)[C@@H]2[C@@H]3C=C[C@@H]4C3C([C@H]21)[C@H]1[C@@H]4C1(Br)Br. The van der Waals surface area contributed by atoms with Gasteiger partial charge in [0.25, 0.3) is 0 Å². The lowest BCUT2D eigenvalue weighted by Gasteiger charge is -2.28. The number of alkyl halides is 4. The molecule has 0 bridgehead atoms.